The van der Waals surface area contributed by atoms with Gasteiger partial charge in [-0.3, -0.25) is 4.79 Å². The number of nitrogens with one attached hydrogen (secondary N) is 1. The number of benzene rings is 1. The molecule has 0 aromatic heterocycles. The smallest absolute Gasteiger partial charge is 0.331 e. The van der Waals surface area contributed by atoms with Crippen molar-refractivity contribution in [3.63, 3.8) is 0 Å². The van der Waals surface area contributed by atoms with E-state index < -0.39 is 12.1 Å². The summed E-state index contributed by atoms with van der Waals surface area (Å²) in [5.74, 6) is -0.675. The predicted molar refractivity (Wildman–Crippen MR) is 90.6 cm³/mol. The summed E-state index contributed by atoms with van der Waals surface area (Å²) in [7, 11) is 0. The zero-order valence-electron chi connectivity index (χ0n) is 14.0. The molecule has 2 rings (SSSR count). The fourth-order valence-corrected chi connectivity index (χ4v) is 2.79. The average molecular weight is 333 g/mol. The van der Waals surface area contributed by atoms with Gasteiger partial charge in [-0.1, -0.05) is 31.4 Å². The summed E-state index contributed by atoms with van der Waals surface area (Å²) in [6, 6.07) is 5.73. The second-order valence-electron chi connectivity index (χ2n) is 6.21. The van der Waals surface area contributed by atoms with Crippen LogP contribution < -0.4 is 5.32 Å². The molecule has 1 aromatic carbocycles. The van der Waals surface area contributed by atoms with E-state index in [1.54, 1.807) is 19.1 Å². The molecule has 1 unspecified atom stereocenters. The molecule has 4 nitrogen and oxygen atoms in total. The summed E-state index contributed by atoms with van der Waals surface area (Å²) in [6.45, 7) is 2.20. The molecule has 130 valence electrons. The Bertz CT molecular complexity index is 577. The van der Waals surface area contributed by atoms with Crippen molar-refractivity contribution in [3.8, 4) is 0 Å². The number of halogens is 1. The second kappa shape index (κ2) is 9.21. The Hall–Kier alpha value is -2.17. The molecule has 1 saturated carbocycles. The Morgan fingerprint density at radius 2 is 1.92 bits per heavy atom. The summed E-state index contributed by atoms with van der Waals surface area (Å²) in [4.78, 5) is 23.7. The highest BCUT2D eigenvalue weighted by atomic mass is 19.1. The largest absolute Gasteiger partial charge is 0.449 e. The van der Waals surface area contributed by atoms with Gasteiger partial charge in [0, 0.05) is 12.6 Å². The maximum absolute atomic E-state index is 12.8. The van der Waals surface area contributed by atoms with E-state index in [1.165, 1.54) is 43.5 Å². The molecule has 0 saturated heterocycles. The van der Waals surface area contributed by atoms with Gasteiger partial charge < -0.3 is 10.1 Å². The molecule has 0 bridgehead atoms. The first-order valence-corrected chi connectivity index (χ1v) is 8.46. The highest BCUT2D eigenvalue weighted by Crippen LogP contribution is 2.22. The van der Waals surface area contributed by atoms with E-state index >= 15 is 0 Å². The number of ether oxygens (including phenoxy) is 1. The Kier molecular flexibility index (Phi) is 6.97. The summed E-state index contributed by atoms with van der Waals surface area (Å²) >= 11 is 0. The molecule has 0 aliphatic heterocycles. The Labute approximate surface area is 142 Å². The molecule has 1 aliphatic rings. The van der Waals surface area contributed by atoms with Gasteiger partial charge >= 0.3 is 5.97 Å². The van der Waals surface area contributed by atoms with Gasteiger partial charge in [0.05, 0.1) is 0 Å². The fourth-order valence-electron chi connectivity index (χ4n) is 2.79. The highest BCUT2D eigenvalue weighted by Gasteiger charge is 2.19. The first kappa shape index (κ1) is 18.2. The average Bonchev–Trinajstić information content (AvgIpc) is 2.60. The number of esters is 1. The van der Waals surface area contributed by atoms with Gasteiger partial charge in [-0.05, 0) is 49.5 Å². The van der Waals surface area contributed by atoms with Crippen molar-refractivity contribution in [1.82, 2.24) is 5.32 Å². The van der Waals surface area contributed by atoms with Crippen LogP contribution in [0.2, 0.25) is 0 Å². The van der Waals surface area contributed by atoms with Gasteiger partial charge in [-0.2, -0.15) is 0 Å². The van der Waals surface area contributed by atoms with Gasteiger partial charge in [-0.15, -0.1) is 0 Å². The van der Waals surface area contributed by atoms with Gasteiger partial charge in [-0.25, -0.2) is 9.18 Å². The maximum atomic E-state index is 12.8. The van der Waals surface area contributed by atoms with E-state index in [0.717, 1.165) is 12.8 Å². The standard InChI is InChI=1S/C19H24FNO3/c1-14(19(23)21-13-16-5-3-2-4-6-16)24-18(22)12-9-15-7-10-17(20)11-8-15/h7-12,14,16H,2-6,13H2,1H3,(H,21,23)/b12-9+. The molecule has 1 aromatic rings. The van der Waals surface area contributed by atoms with Crippen LogP contribution in [0.3, 0.4) is 0 Å². The lowest BCUT2D eigenvalue weighted by atomic mass is 9.89. The molecule has 0 spiro atoms. The lowest BCUT2D eigenvalue weighted by molar-refractivity contribution is -0.150. The van der Waals surface area contributed by atoms with Crippen molar-refractivity contribution in [2.24, 2.45) is 5.92 Å². The number of amides is 1. The minimum atomic E-state index is -0.834. The van der Waals surface area contributed by atoms with Crippen LogP contribution in [0.1, 0.15) is 44.6 Å². The molecule has 1 amide bonds. The third-order valence-corrected chi connectivity index (χ3v) is 4.23. The topological polar surface area (TPSA) is 55.4 Å². The molecule has 5 heteroatoms. The van der Waals surface area contributed by atoms with Crippen molar-refractivity contribution >= 4 is 18.0 Å². The number of hydrogen-bond acceptors (Lipinski definition) is 3. The highest BCUT2D eigenvalue weighted by molar-refractivity contribution is 5.90. The van der Waals surface area contributed by atoms with Crippen LogP contribution in [-0.4, -0.2) is 24.5 Å². The van der Waals surface area contributed by atoms with E-state index in [4.69, 9.17) is 4.74 Å². The SMILES string of the molecule is CC(OC(=O)/C=C/c1ccc(F)cc1)C(=O)NCC1CCCCC1. The van der Waals surface area contributed by atoms with E-state index in [-0.39, 0.29) is 11.7 Å². The van der Waals surface area contributed by atoms with E-state index in [9.17, 15) is 14.0 Å². The predicted octanol–water partition coefficient (Wildman–Crippen LogP) is 3.47. The lowest BCUT2D eigenvalue weighted by Crippen LogP contribution is -2.38. The van der Waals surface area contributed by atoms with Gasteiger partial charge in [0.15, 0.2) is 6.10 Å². The molecular formula is C19H24FNO3. The van der Waals surface area contributed by atoms with Crippen molar-refractivity contribution in [3.05, 3.63) is 41.7 Å². The van der Waals surface area contributed by atoms with Gasteiger partial charge in [0.1, 0.15) is 5.82 Å². The molecule has 1 atom stereocenters. The first-order chi connectivity index (χ1) is 11.5. The van der Waals surface area contributed by atoms with Crippen molar-refractivity contribution in [2.75, 3.05) is 6.54 Å². The molecule has 0 radical (unpaired) electrons. The van der Waals surface area contributed by atoms with Crippen LogP contribution >= 0.6 is 0 Å². The zero-order valence-corrected chi connectivity index (χ0v) is 14.0. The monoisotopic (exact) mass is 333 g/mol. The Balaban J connectivity index is 1.73. The number of rotatable bonds is 6. The first-order valence-electron chi connectivity index (χ1n) is 8.46. The fraction of sp³-hybridized carbons (Fsp3) is 0.474. The molecule has 0 heterocycles. The Morgan fingerprint density at radius 1 is 1.25 bits per heavy atom. The lowest BCUT2D eigenvalue weighted by Gasteiger charge is -2.22. The quantitative estimate of drug-likeness (QED) is 0.641. The third-order valence-electron chi connectivity index (χ3n) is 4.23. The third kappa shape index (κ3) is 6.14. The molecular weight excluding hydrogens is 309 g/mol. The molecule has 1 fully saturated rings. The molecule has 1 N–H and O–H groups in total. The minimum absolute atomic E-state index is 0.274. The van der Waals surface area contributed by atoms with Crippen molar-refractivity contribution < 1.29 is 18.7 Å². The van der Waals surface area contributed by atoms with Crippen LogP contribution in [0, 0.1) is 11.7 Å². The molecule has 1 aliphatic carbocycles. The summed E-state index contributed by atoms with van der Waals surface area (Å²) in [5, 5.41) is 2.86. The number of carbonyl (C=O) groups is 2. The van der Waals surface area contributed by atoms with Crippen molar-refractivity contribution in [2.45, 2.75) is 45.1 Å². The summed E-state index contributed by atoms with van der Waals surface area (Å²) in [6.07, 6.45) is 7.94. The summed E-state index contributed by atoms with van der Waals surface area (Å²) < 4.78 is 17.9. The van der Waals surface area contributed by atoms with Gasteiger partial charge in [0.25, 0.3) is 5.91 Å². The zero-order chi connectivity index (χ0) is 17.4. The maximum Gasteiger partial charge on any atom is 0.331 e. The second-order valence-corrected chi connectivity index (χ2v) is 6.21. The number of carbonyl (C=O) groups excluding carboxylic acids is 2. The van der Waals surface area contributed by atoms with Crippen LogP contribution in [-0.2, 0) is 14.3 Å². The summed E-state index contributed by atoms with van der Waals surface area (Å²) in [5.41, 5.74) is 0.683. The van der Waals surface area contributed by atoms with Crippen LogP contribution in [0.5, 0.6) is 0 Å². The minimum Gasteiger partial charge on any atom is -0.449 e. The van der Waals surface area contributed by atoms with Crippen LogP contribution in [0.25, 0.3) is 6.08 Å². The van der Waals surface area contributed by atoms with Gasteiger partial charge in [0.2, 0.25) is 0 Å². The Morgan fingerprint density at radius 3 is 2.58 bits per heavy atom. The van der Waals surface area contributed by atoms with E-state index in [1.807, 2.05) is 0 Å². The van der Waals surface area contributed by atoms with E-state index in [0.29, 0.717) is 18.0 Å². The van der Waals surface area contributed by atoms with Crippen molar-refractivity contribution in [1.29, 1.82) is 0 Å². The molecule has 24 heavy (non-hydrogen) atoms. The van der Waals surface area contributed by atoms with Crippen LogP contribution in [0.4, 0.5) is 4.39 Å². The normalized spacial score (nSPS) is 16.8. The van der Waals surface area contributed by atoms with E-state index in [2.05, 4.69) is 5.32 Å². The number of hydrogen-bond donors (Lipinski definition) is 1. The van der Waals surface area contributed by atoms with Crippen LogP contribution in [0.15, 0.2) is 30.3 Å².